The lowest BCUT2D eigenvalue weighted by atomic mass is 9.91. The van der Waals surface area contributed by atoms with E-state index in [2.05, 4.69) is 5.32 Å². The van der Waals surface area contributed by atoms with Gasteiger partial charge < -0.3 is 29.4 Å². The molecular formula is C22H35NO6. The van der Waals surface area contributed by atoms with Gasteiger partial charge in [-0.05, 0) is 54.0 Å². The number of carbonyl (C=O) groups is 1. The van der Waals surface area contributed by atoms with E-state index in [0.29, 0.717) is 0 Å². The molecule has 29 heavy (non-hydrogen) atoms. The number of alkyl carbamates (subject to hydrolysis) is 1. The second kappa shape index (κ2) is 9.00. The van der Waals surface area contributed by atoms with Gasteiger partial charge in [0, 0.05) is 0 Å². The predicted octanol–water partition coefficient (Wildman–Crippen LogP) is 3.39. The Morgan fingerprint density at radius 2 is 1.86 bits per heavy atom. The fourth-order valence-electron chi connectivity index (χ4n) is 3.21. The zero-order chi connectivity index (χ0) is 21.9. The number of aliphatic hydroxyl groups is 1. The molecular weight excluding hydrogens is 374 g/mol. The first-order valence-electron chi connectivity index (χ1n) is 9.96. The summed E-state index contributed by atoms with van der Waals surface area (Å²) >= 11 is 0. The van der Waals surface area contributed by atoms with Crippen molar-refractivity contribution in [3.05, 3.63) is 35.9 Å². The number of amides is 1. The van der Waals surface area contributed by atoms with Crippen LogP contribution in [0.1, 0.15) is 54.0 Å². The summed E-state index contributed by atoms with van der Waals surface area (Å²) in [7, 11) is 0. The standard InChI is InChI=1S/C22H35NO6/c1-20(2,3)29-19(24)23-17(16-14-27-22(6,7)28-16)18(21(4,5)25)26-13-15-11-9-8-10-12-15/h8-12,16-18,25H,13-14H2,1-7H3,(H,23,24)/t16-,17+,18-/m1/s1. The summed E-state index contributed by atoms with van der Waals surface area (Å²) in [6, 6.07) is 8.96. The Labute approximate surface area is 173 Å². The molecule has 0 aliphatic carbocycles. The van der Waals surface area contributed by atoms with Gasteiger partial charge in [0.25, 0.3) is 0 Å². The third kappa shape index (κ3) is 7.59. The molecule has 1 fully saturated rings. The van der Waals surface area contributed by atoms with Crippen LogP contribution >= 0.6 is 0 Å². The Morgan fingerprint density at radius 3 is 2.34 bits per heavy atom. The van der Waals surface area contributed by atoms with Crippen LogP contribution in [0.2, 0.25) is 0 Å². The summed E-state index contributed by atoms with van der Waals surface area (Å²) in [6.07, 6.45) is -1.88. The van der Waals surface area contributed by atoms with Crippen LogP contribution in [-0.2, 0) is 25.6 Å². The Kier molecular flexibility index (Phi) is 7.32. The van der Waals surface area contributed by atoms with Crippen LogP contribution in [0.3, 0.4) is 0 Å². The highest BCUT2D eigenvalue weighted by molar-refractivity contribution is 5.68. The van der Waals surface area contributed by atoms with Crippen molar-refractivity contribution in [3.8, 4) is 0 Å². The van der Waals surface area contributed by atoms with E-state index in [1.165, 1.54) is 0 Å². The summed E-state index contributed by atoms with van der Waals surface area (Å²) < 4.78 is 23.2. The molecule has 164 valence electrons. The van der Waals surface area contributed by atoms with Gasteiger partial charge in [0.05, 0.1) is 24.9 Å². The highest BCUT2D eigenvalue weighted by atomic mass is 16.7. The second-order valence-electron chi connectivity index (χ2n) is 9.41. The van der Waals surface area contributed by atoms with Gasteiger partial charge in [0.15, 0.2) is 5.79 Å². The highest BCUT2D eigenvalue weighted by Gasteiger charge is 2.46. The van der Waals surface area contributed by atoms with Crippen LogP contribution in [0.5, 0.6) is 0 Å². The Hall–Kier alpha value is -1.67. The van der Waals surface area contributed by atoms with Gasteiger partial charge in [-0.25, -0.2) is 4.79 Å². The molecule has 0 radical (unpaired) electrons. The lowest BCUT2D eigenvalue weighted by molar-refractivity contribution is -0.163. The van der Waals surface area contributed by atoms with E-state index in [-0.39, 0.29) is 13.2 Å². The van der Waals surface area contributed by atoms with Crippen LogP contribution in [0, 0.1) is 0 Å². The van der Waals surface area contributed by atoms with E-state index in [0.717, 1.165) is 5.56 Å². The van der Waals surface area contributed by atoms with Gasteiger partial charge in [-0.15, -0.1) is 0 Å². The topological polar surface area (TPSA) is 86.3 Å². The number of nitrogens with one attached hydrogen (secondary N) is 1. The molecule has 0 spiro atoms. The molecule has 7 nitrogen and oxygen atoms in total. The minimum absolute atomic E-state index is 0.259. The SMILES string of the molecule is CC(C)(C)OC(=O)N[C@H]([C@@H](OCc1ccccc1)C(C)(C)O)[C@H]1COC(C)(C)O1. The van der Waals surface area contributed by atoms with E-state index < -0.39 is 41.3 Å². The summed E-state index contributed by atoms with van der Waals surface area (Å²) in [4.78, 5) is 12.5. The maximum absolute atomic E-state index is 12.5. The number of hydrogen-bond donors (Lipinski definition) is 2. The predicted molar refractivity (Wildman–Crippen MR) is 109 cm³/mol. The Bertz CT molecular complexity index is 662. The third-order valence-corrected chi connectivity index (χ3v) is 4.41. The first-order chi connectivity index (χ1) is 13.3. The van der Waals surface area contributed by atoms with Crippen molar-refractivity contribution in [2.75, 3.05) is 6.61 Å². The average molecular weight is 410 g/mol. The van der Waals surface area contributed by atoms with Crippen molar-refractivity contribution in [2.24, 2.45) is 0 Å². The minimum atomic E-state index is -1.26. The van der Waals surface area contributed by atoms with E-state index in [4.69, 9.17) is 18.9 Å². The maximum atomic E-state index is 12.5. The number of hydrogen-bond acceptors (Lipinski definition) is 6. The molecule has 1 aromatic rings. The molecule has 1 amide bonds. The highest BCUT2D eigenvalue weighted by Crippen LogP contribution is 2.29. The van der Waals surface area contributed by atoms with Crippen LogP contribution < -0.4 is 5.32 Å². The molecule has 1 aliphatic heterocycles. The van der Waals surface area contributed by atoms with Crippen molar-refractivity contribution in [3.63, 3.8) is 0 Å². The number of rotatable bonds is 7. The molecule has 2 N–H and O–H groups in total. The molecule has 1 aromatic carbocycles. The number of benzene rings is 1. The maximum Gasteiger partial charge on any atom is 0.408 e. The molecule has 2 rings (SSSR count). The van der Waals surface area contributed by atoms with Crippen LogP contribution in [-0.4, -0.2) is 53.0 Å². The first-order valence-corrected chi connectivity index (χ1v) is 9.96. The largest absolute Gasteiger partial charge is 0.444 e. The van der Waals surface area contributed by atoms with Crippen molar-refractivity contribution in [2.45, 2.75) is 90.3 Å². The minimum Gasteiger partial charge on any atom is -0.444 e. The monoisotopic (exact) mass is 409 g/mol. The van der Waals surface area contributed by atoms with Gasteiger partial charge in [0.1, 0.15) is 17.8 Å². The summed E-state index contributed by atoms with van der Waals surface area (Å²) in [5.74, 6) is -0.790. The molecule has 7 heteroatoms. The fourth-order valence-corrected chi connectivity index (χ4v) is 3.21. The molecule has 0 aromatic heterocycles. The molecule has 3 atom stereocenters. The van der Waals surface area contributed by atoms with Crippen molar-refractivity contribution in [1.29, 1.82) is 0 Å². The van der Waals surface area contributed by atoms with Crippen LogP contribution in [0.4, 0.5) is 4.79 Å². The van der Waals surface area contributed by atoms with Crippen molar-refractivity contribution >= 4 is 6.09 Å². The van der Waals surface area contributed by atoms with Crippen molar-refractivity contribution in [1.82, 2.24) is 5.32 Å². The fraction of sp³-hybridized carbons (Fsp3) is 0.682. The van der Waals surface area contributed by atoms with E-state index in [1.54, 1.807) is 34.6 Å². The van der Waals surface area contributed by atoms with Gasteiger partial charge in [0.2, 0.25) is 0 Å². The molecule has 0 saturated carbocycles. The zero-order valence-corrected chi connectivity index (χ0v) is 18.5. The number of carbonyl (C=O) groups excluding carboxylic acids is 1. The van der Waals surface area contributed by atoms with Gasteiger partial charge in [-0.2, -0.15) is 0 Å². The smallest absolute Gasteiger partial charge is 0.408 e. The van der Waals surface area contributed by atoms with Crippen molar-refractivity contribution < 1.29 is 28.8 Å². The van der Waals surface area contributed by atoms with Gasteiger partial charge in [-0.1, -0.05) is 30.3 Å². The Morgan fingerprint density at radius 1 is 1.24 bits per heavy atom. The van der Waals surface area contributed by atoms with E-state index >= 15 is 0 Å². The second-order valence-corrected chi connectivity index (χ2v) is 9.41. The van der Waals surface area contributed by atoms with E-state index in [1.807, 2.05) is 44.2 Å². The zero-order valence-electron chi connectivity index (χ0n) is 18.5. The summed E-state index contributed by atoms with van der Waals surface area (Å²) in [6.45, 7) is 12.8. The molecule has 0 unspecified atom stereocenters. The van der Waals surface area contributed by atoms with Crippen LogP contribution in [0.25, 0.3) is 0 Å². The quantitative estimate of drug-likeness (QED) is 0.718. The number of ether oxygens (including phenoxy) is 4. The normalized spacial score (nSPS) is 21.4. The first kappa shape index (κ1) is 23.6. The van der Waals surface area contributed by atoms with Gasteiger partial charge >= 0.3 is 6.09 Å². The summed E-state index contributed by atoms with van der Waals surface area (Å²) in [5, 5.41) is 13.7. The molecule has 1 saturated heterocycles. The average Bonchev–Trinajstić information content (AvgIpc) is 2.92. The van der Waals surface area contributed by atoms with E-state index in [9.17, 15) is 9.90 Å². The van der Waals surface area contributed by atoms with Crippen LogP contribution in [0.15, 0.2) is 30.3 Å². The van der Waals surface area contributed by atoms with Gasteiger partial charge in [-0.3, -0.25) is 0 Å². The molecule has 1 heterocycles. The Balaban J connectivity index is 2.24. The molecule has 1 aliphatic rings. The molecule has 0 bridgehead atoms. The summed E-state index contributed by atoms with van der Waals surface area (Å²) in [5.41, 5.74) is -0.956. The third-order valence-electron chi connectivity index (χ3n) is 4.41. The lowest BCUT2D eigenvalue weighted by Crippen LogP contribution is -2.60. The lowest BCUT2D eigenvalue weighted by Gasteiger charge is -2.38.